The van der Waals surface area contributed by atoms with Gasteiger partial charge >= 0.3 is 5.97 Å². The molecule has 0 saturated heterocycles. The summed E-state index contributed by atoms with van der Waals surface area (Å²) in [5, 5.41) is 9.00. The van der Waals surface area contributed by atoms with Gasteiger partial charge in [-0.25, -0.2) is 13.6 Å². The fourth-order valence-corrected chi connectivity index (χ4v) is 1.90. The molecule has 2 aromatic rings. The van der Waals surface area contributed by atoms with Crippen molar-refractivity contribution in [1.29, 1.82) is 0 Å². The molecule has 0 aliphatic rings. The summed E-state index contributed by atoms with van der Waals surface area (Å²) in [4.78, 5) is 11.0. The molecule has 0 aliphatic heterocycles. The Morgan fingerprint density at radius 2 is 1.74 bits per heavy atom. The van der Waals surface area contributed by atoms with Crippen molar-refractivity contribution in [2.75, 3.05) is 0 Å². The first-order chi connectivity index (χ1) is 9.08. The van der Waals surface area contributed by atoms with Crippen molar-refractivity contribution < 1.29 is 18.7 Å². The van der Waals surface area contributed by atoms with Crippen LogP contribution in [0, 0.1) is 5.82 Å². The molecule has 0 bridgehead atoms. The summed E-state index contributed by atoms with van der Waals surface area (Å²) in [7, 11) is 0. The van der Waals surface area contributed by atoms with E-state index in [-0.39, 0.29) is 23.4 Å². The number of carboxylic acids is 1. The number of carboxylic acid groups (broad SMARTS) is 1. The van der Waals surface area contributed by atoms with Crippen LogP contribution in [0.5, 0.6) is 0 Å². The van der Waals surface area contributed by atoms with Gasteiger partial charge in [-0.2, -0.15) is 0 Å². The van der Waals surface area contributed by atoms with E-state index in [0.29, 0.717) is 5.56 Å². The Morgan fingerprint density at radius 3 is 2.37 bits per heavy atom. The maximum Gasteiger partial charge on any atom is 0.336 e. The first-order valence-electron chi connectivity index (χ1n) is 5.78. The normalized spacial score (nSPS) is 12.1. The van der Waals surface area contributed by atoms with Crippen LogP contribution in [0.25, 0.3) is 0 Å². The summed E-state index contributed by atoms with van der Waals surface area (Å²) < 4.78 is 26.9. The first-order valence-corrected chi connectivity index (χ1v) is 5.78. The van der Waals surface area contributed by atoms with Crippen molar-refractivity contribution in [1.82, 2.24) is 0 Å². The van der Waals surface area contributed by atoms with Gasteiger partial charge in [0.25, 0.3) is 0 Å². The van der Waals surface area contributed by atoms with E-state index in [2.05, 4.69) is 0 Å². The van der Waals surface area contributed by atoms with Gasteiger partial charge < -0.3 is 5.11 Å². The van der Waals surface area contributed by atoms with E-state index in [1.807, 2.05) is 0 Å². The highest BCUT2D eigenvalue weighted by Crippen LogP contribution is 2.25. The van der Waals surface area contributed by atoms with E-state index < -0.39 is 12.1 Å². The molecule has 0 radical (unpaired) electrons. The highest BCUT2D eigenvalue weighted by Gasteiger charge is 2.18. The van der Waals surface area contributed by atoms with Crippen LogP contribution in [-0.4, -0.2) is 11.1 Å². The van der Waals surface area contributed by atoms with Gasteiger partial charge in [0.05, 0.1) is 5.56 Å². The highest BCUT2D eigenvalue weighted by molar-refractivity contribution is 5.89. The molecule has 1 atom stereocenters. The predicted molar refractivity (Wildman–Crippen MR) is 67.4 cm³/mol. The summed E-state index contributed by atoms with van der Waals surface area (Å²) in [6.45, 7) is 0. The number of carbonyl (C=O) groups is 1. The van der Waals surface area contributed by atoms with Crippen molar-refractivity contribution in [2.24, 2.45) is 0 Å². The highest BCUT2D eigenvalue weighted by atomic mass is 19.1. The Labute approximate surface area is 109 Å². The van der Waals surface area contributed by atoms with Crippen LogP contribution in [0.2, 0.25) is 0 Å². The fraction of sp³-hybridized carbons (Fsp3) is 0.133. The SMILES string of the molecule is O=C(O)c1ccccc1C(F)Cc1ccc(F)cc1. The minimum atomic E-state index is -1.43. The molecule has 0 aliphatic carbocycles. The Balaban J connectivity index is 2.22. The van der Waals surface area contributed by atoms with E-state index in [9.17, 15) is 13.6 Å². The zero-order valence-electron chi connectivity index (χ0n) is 10.0. The van der Waals surface area contributed by atoms with Crippen molar-refractivity contribution in [3.8, 4) is 0 Å². The van der Waals surface area contributed by atoms with Crippen molar-refractivity contribution >= 4 is 5.97 Å². The lowest BCUT2D eigenvalue weighted by atomic mass is 9.98. The summed E-state index contributed by atoms with van der Waals surface area (Å²) in [5.74, 6) is -1.54. The molecule has 1 unspecified atom stereocenters. The lowest BCUT2D eigenvalue weighted by molar-refractivity contribution is 0.0693. The number of rotatable bonds is 4. The van der Waals surface area contributed by atoms with Gasteiger partial charge in [0.15, 0.2) is 0 Å². The Hall–Kier alpha value is -2.23. The maximum absolute atomic E-state index is 14.2. The fourth-order valence-electron chi connectivity index (χ4n) is 1.90. The molecule has 0 fully saturated rings. The molecule has 2 nitrogen and oxygen atoms in total. The molecule has 2 aromatic carbocycles. The van der Waals surface area contributed by atoms with Crippen molar-refractivity contribution in [3.05, 3.63) is 71.0 Å². The van der Waals surface area contributed by atoms with Crippen LogP contribution in [0.4, 0.5) is 8.78 Å². The van der Waals surface area contributed by atoms with Gasteiger partial charge in [-0.05, 0) is 23.8 Å². The summed E-state index contributed by atoms with van der Waals surface area (Å²) in [6, 6.07) is 11.5. The summed E-state index contributed by atoms with van der Waals surface area (Å²) >= 11 is 0. The summed E-state index contributed by atoms with van der Waals surface area (Å²) in [5.41, 5.74) is 0.713. The van der Waals surface area contributed by atoms with E-state index in [0.717, 1.165) is 0 Å². The number of hydrogen-bond acceptors (Lipinski definition) is 1. The molecule has 0 spiro atoms. The third-order valence-corrected chi connectivity index (χ3v) is 2.86. The van der Waals surface area contributed by atoms with Crippen LogP contribution < -0.4 is 0 Å². The van der Waals surface area contributed by atoms with Gasteiger partial charge in [0.1, 0.15) is 12.0 Å². The number of benzene rings is 2. The molecule has 19 heavy (non-hydrogen) atoms. The minimum absolute atomic E-state index is 0.0184. The molecular weight excluding hydrogens is 250 g/mol. The summed E-state index contributed by atoms with van der Waals surface area (Å²) in [6.07, 6.45) is -1.41. The van der Waals surface area contributed by atoms with E-state index in [1.165, 1.54) is 36.4 Å². The lowest BCUT2D eigenvalue weighted by Crippen LogP contribution is -2.06. The Kier molecular flexibility index (Phi) is 3.90. The second-order valence-electron chi connectivity index (χ2n) is 4.19. The van der Waals surface area contributed by atoms with E-state index in [1.54, 1.807) is 12.1 Å². The standard InChI is InChI=1S/C15H12F2O2/c16-11-7-5-10(6-8-11)9-14(17)12-3-1-2-4-13(12)15(18)19/h1-8,14H,9H2,(H,18,19). The van der Waals surface area contributed by atoms with Gasteiger partial charge in [-0.1, -0.05) is 30.3 Å². The van der Waals surface area contributed by atoms with Crippen LogP contribution in [0.1, 0.15) is 27.7 Å². The van der Waals surface area contributed by atoms with Crippen molar-refractivity contribution in [2.45, 2.75) is 12.6 Å². The minimum Gasteiger partial charge on any atom is -0.478 e. The topological polar surface area (TPSA) is 37.3 Å². The molecule has 2 rings (SSSR count). The zero-order valence-corrected chi connectivity index (χ0v) is 10.0. The largest absolute Gasteiger partial charge is 0.478 e. The second-order valence-corrected chi connectivity index (χ2v) is 4.19. The molecule has 0 saturated carbocycles. The zero-order chi connectivity index (χ0) is 13.8. The Bertz CT molecular complexity index is 579. The molecule has 1 N–H and O–H groups in total. The second kappa shape index (κ2) is 5.61. The molecule has 0 amide bonds. The van der Waals surface area contributed by atoms with Crippen LogP contribution in [-0.2, 0) is 6.42 Å². The van der Waals surface area contributed by atoms with Gasteiger partial charge in [0.2, 0.25) is 0 Å². The van der Waals surface area contributed by atoms with Crippen LogP contribution >= 0.6 is 0 Å². The number of hydrogen-bond donors (Lipinski definition) is 1. The molecular formula is C15H12F2O2. The van der Waals surface area contributed by atoms with Gasteiger partial charge in [-0.15, -0.1) is 0 Å². The Morgan fingerprint density at radius 1 is 1.11 bits per heavy atom. The average molecular weight is 262 g/mol. The third kappa shape index (κ3) is 3.16. The number of aromatic carboxylic acids is 1. The van der Waals surface area contributed by atoms with E-state index in [4.69, 9.17) is 5.11 Å². The maximum atomic E-state index is 14.2. The molecule has 0 aromatic heterocycles. The van der Waals surface area contributed by atoms with Crippen molar-refractivity contribution in [3.63, 3.8) is 0 Å². The third-order valence-electron chi connectivity index (χ3n) is 2.86. The number of halogens is 2. The molecule has 4 heteroatoms. The average Bonchev–Trinajstić information content (AvgIpc) is 2.41. The molecule has 98 valence electrons. The van der Waals surface area contributed by atoms with Gasteiger partial charge in [-0.3, -0.25) is 0 Å². The van der Waals surface area contributed by atoms with E-state index >= 15 is 0 Å². The molecule has 0 heterocycles. The van der Waals surface area contributed by atoms with Crippen LogP contribution in [0.3, 0.4) is 0 Å². The van der Waals surface area contributed by atoms with Gasteiger partial charge in [0, 0.05) is 12.0 Å². The quantitative estimate of drug-likeness (QED) is 0.910. The van der Waals surface area contributed by atoms with Crippen LogP contribution in [0.15, 0.2) is 48.5 Å². The monoisotopic (exact) mass is 262 g/mol. The first kappa shape index (κ1) is 13.2. The predicted octanol–water partition coefficient (Wildman–Crippen LogP) is 3.78. The smallest absolute Gasteiger partial charge is 0.336 e. The number of alkyl halides is 1. The lowest BCUT2D eigenvalue weighted by Gasteiger charge is -2.11.